The van der Waals surface area contributed by atoms with Crippen LogP contribution in [0.2, 0.25) is 0 Å². The summed E-state index contributed by atoms with van der Waals surface area (Å²) in [6, 6.07) is 9.54. The zero-order valence-electron chi connectivity index (χ0n) is 15.3. The lowest BCUT2D eigenvalue weighted by molar-refractivity contribution is -0.111. The Morgan fingerprint density at radius 2 is 1.74 bits per heavy atom. The molecule has 2 rings (SSSR count). The predicted molar refractivity (Wildman–Crippen MR) is 102 cm³/mol. The number of carbonyl (C=O) groups is 2. The third-order valence-electron chi connectivity index (χ3n) is 3.62. The van der Waals surface area contributed by atoms with Gasteiger partial charge in [0.2, 0.25) is 5.91 Å². The molecule has 0 saturated carbocycles. The van der Waals surface area contributed by atoms with Gasteiger partial charge in [-0.15, -0.1) is 0 Å². The Balaban J connectivity index is 2.16. The number of carboxylic acid groups (broad SMARTS) is 1. The molecule has 7 heteroatoms. The molecule has 0 aromatic heterocycles. The minimum Gasteiger partial charge on any atom is -0.495 e. The van der Waals surface area contributed by atoms with Crippen LogP contribution in [0.25, 0.3) is 6.08 Å². The number of anilines is 1. The zero-order valence-corrected chi connectivity index (χ0v) is 15.3. The standard InChI is InChI=1S/C20H21NO6/c1-4-27-17-8-5-13(11-18(17)26-3)6-10-19(22)21-15-12-14(20(23)24)7-9-16(15)25-2/h5-12H,4H2,1-3H3,(H,21,22)(H,23,24)/b10-6+. The zero-order chi connectivity index (χ0) is 19.8. The summed E-state index contributed by atoms with van der Waals surface area (Å²) in [6.45, 7) is 2.40. The highest BCUT2D eigenvalue weighted by Gasteiger charge is 2.11. The molecule has 0 heterocycles. The van der Waals surface area contributed by atoms with E-state index in [1.165, 1.54) is 31.4 Å². The molecular formula is C20H21NO6. The molecule has 2 aromatic rings. The fourth-order valence-electron chi connectivity index (χ4n) is 2.35. The molecule has 0 radical (unpaired) electrons. The number of hydrogen-bond acceptors (Lipinski definition) is 5. The first-order valence-electron chi connectivity index (χ1n) is 8.19. The maximum absolute atomic E-state index is 12.2. The fraction of sp³-hybridized carbons (Fsp3) is 0.200. The average Bonchev–Trinajstić information content (AvgIpc) is 2.67. The second kappa shape index (κ2) is 9.28. The predicted octanol–water partition coefficient (Wildman–Crippen LogP) is 3.45. The van der Waals surface area contributed by atoms with Crippen LogP contribution in [0.4, 0.5) is 5.69 Å². The number of rotatable bonds is 8. The first kappa shape index (κ1) is 19.8. The van der Waals surface area contributed by atoms with Gasteiger partial charge in [0.1, 0.15) is 5.75 Å². The number of ether oxygens (including phenoxy) is 3. The Hall–Kier alpha value is -3.48. The van der Waals surface area contributed by atoms with Gasteiger partial charge in [-0.1, -0.05) is 6.07 Å². The molecule has 2 aromatic carbocycles. The van der Waals surface area contributed by atoms with Crippen LogP contribution >= 0.6 is 0 Å². The Kier molecular flexibility index (Phi) is 6.82. The quantitative estimate of drug-likeness (QED) is 0.690. The van der Waals surface area contributed by atoms with E-state index in [9.17, 15) is 9.59 Å². The van der Waals surface area contributed by atoms with Crippen molar-refractivity contribution in [3.8, 4) is 17.2 Å². The fourth-order valence-corrected chi connectivity index (χ4v) is 2.35. The summed E-state index contributed by atoms with van der Waals surface area (Å²) in [5.41, 5.74) is 1.07. The second-order valence-corrected chi connectivity index (χ2v) is 5.39. The lowest BCUT2D eigenvalue weighted by Gasteiger charge is -2.10. The molecule has 0 atom stereocenters. The van der Waals surface area contributed by atoms with Gasteiger partial charge in [-0.2, -0.15) is 0 Å². The van der Waals surface area contributed by atoms with Crippen molar-refractivity contribution in [1.29, 1.82) is 0 Å². The number of carbonyl (C=O) groups excluding carboxylic acids is 1. The number of carboxylic acids is 1. The van der Waals surface area contributed by atoms with E-state index in [4.69, 9.17) is 19.3 Å². The molecule has 142 valence electrons. The molecule has 0 spiro atoms. The third kappa shape index (κ3) is 5.24. The largest absolute Gasteiger partial charge is 0.495 e. The molecule has 27 heavy (non-hydrogen) atoms. The van der Waals surface area contributed by atoms with Crippen molar-refractivity contribution in [2.45, 2.75) is 6.92 Å². The van der Waals surface area contributed by atoms with Gasteiger partial charge in [-0.25, -0.2) is 4.79 Å². The van der Waals surface area contributed by atoms with Gasteiger partial charge in [-0.05, 0) is 48.9 Å². The number of nitrogens with one attached hydrogen (secondary N) is 1. The Morgan fingerprint density at radius 3 is 2.37 bits per heavy atom. The van der Waals surface area contributed by atoms with E-state index in [2.05, 4.69) is 5.32 Å². The third-order valence-corrected chi connectivity index (χ3v) is 3.62. The molecular weight excluding hydrogens is 350 g/mol. The van der Waals surface area contributed by atoms with Gasteiger partial charge < -0.3 is 24.6 Å². The SMILES string of the molecule is CCOc1ccc(/C=C/C(=O)Nc2cc(C(=O)O)ccc2OC)cc1OC. The molecule has 0 unspecified atom stereocenters. The first-order valence-corrected chi connectivity index (χ1v) is 8.19. The van der Waals surface area contributed by atoms with Crippen LogP contribution in [0.1, 0.15) is 22.8 Å². The molecule has 1 amide bonds. The normalized spacial score (nSPS) is 10.5. The van der Waals surface area contributed by atoms with E-state index < -0.39 is 11.9 Å². The van der Waals surface area contributed by atoms with E-state index in [0.29, 0.717) is 23.9 Å². The van der Waals surface area contributed by atoms with E-state index >= 15 is 0 Å². The maximum Gasteiger partial charge on any atom is 0.335 e. The highest BCUT2D eigenvalue weighted by Crippen LogP contribution is 2.29. The molecule has 7 nitrogen and oxygen atoms in total. The molecule has 0 fully saturated rings. The lowest BCUT2D eigenvalue weighted by Crippen LogP contribution is -2.10. The van der Waals surface area contributed by atoms with Crippen LogP contribution in [0.15, 0.2) is 42.5 Å². The minimum atomic E-state index is -1.09. The van der Waals surface area contributed by atoms with Crippen LogP contribution < -0.4 is 19.5 Å². The van der Waals surface area contributed by atoms with Crippen molar-refractivity contribution in [3.63, 3.8) is 0 Å². The van der Waals surface area contributed by atoms with E-state index in [0.717, 1.165) is 5.56 Å². The number of hydrogen-bond donors (Lipinski definition) is 2. The lowest BCUT2D eigenvalue weighted by atomic mass is 10.1. The van der Waals surface area contributed by atoms with Crippen molar-refractivity contribution in [1.82, 2.24) is 0 Å². The van der Waals surface area contributed by atoms with Crippen molar-refractivity contribution < 1.29 is 28.9 Å². The Bertz CT molecular complexity index is 860. The van der Waals surface area contributed by atoms with Crippen LogP contribution in [0, 0.1) is 0 Å². The summed E-state index contributed by atoms with van der Waals surface area (Å²) in [5.74, 6) is 0.0328. The van der Waals surface area contributed by atoms with Gasteiger partial charge in [-0.3, -0.25) is 4.79 Å². The molecule has 0 saturated heterocycles. The molecule has 0 aliphatic rings. The summed E-state index contributed by atoms with van der Waals surface area (Å²) < 4.78 is 15.9. The summed E-state index contributed by atoms with van der Waals surface area (Å²) >= 11 is 0. The summed E-state index contributed by atoms with van der Waals surface area (Å²) in [7, 11) is 2.98. The van der Waals surface area contributed by atoms with Crippen molar-refractivity contribution >= 4 is 23.6 Å². The highest BCUT2D eigenvalue weighted by molar-refractivity contribution is 6.03. The van der Waals surface area contributed by atoms with Crippen molar-refractivity contribution in [2.24, 2.45) is 0 Å². The number of aromatic carboxylic acids is 1. The van der Waals surface area contributed by atoms with Gasteiger partial charge in [0.05, 0.1) is 32.1 Å². The number of amides is 1. The molecule has 2 N–H and O–H groups in total. The molecule has 0 aliphatic heterocycles. The maximum atomic E-state index is 12.2. The van der Waals surface area contributed by atoms with Crippen LogP contribution in [-0.2, 0) is 4.79 Å². The van der Waals surface area contributed by atoms with E-state index in [-0.39, 0.29) is 11.3 Å². The topological polar surface area (TPSA) is 94.1 Å². The summed E-state index contributed by atoms with van der Waals surface area (Å²) in [6.07, 6.45) is 2.95. The minimum absolute atomic E-state index is 0.0475. The average molecular weight is 371 g/mol. The van der Waals surface area contributed by atoms with Gasteiger partial charge in [0.25, 0.3) is 0 Å². The highest BCUT2D eigenvalue weighted by atomic mass is 16.5. The van der Waals surface area contributed by atoms with Gasteiger partial charge in [0, 0.05) is 6.08 Å². The van der Waals surface area contributed by atoms with Crippen LogP contribution in [0.3, 0.4) is 0 Å². The Labute approximate surface area is 157 Å². The molecule has 0 bridgehead atoms. The van der Waals surface area contributed by atoms with E-state index in [1.54, 1.807) is 31.4 Å². The van der Waals surface area contributed by atoms with Crippen molar-refractivity contribution in [3.05, 3.63) is 53.6 Å². The smallest absolute Gasteiger partial charge is 0.335 e. The van der Waals surface area contributed by atoms with Crippen molar-refractivity contribution in [2.75, 3.05) is 26.1 Å². The summed E-state index contributed by atoms with van der Waals surface area (Å²) in [5, 5.41) is 11.7. The second-order valence-electron chi connectivity index (χ2n) is 5.39. The van der Waals surface area contributed by atoms with Gasteiger partial charge in [0.15, 0.2) is 11.5 Å². The first-order chi connectivity index (χ1) is 13.0. The van der Waals surface area contributed by atoms with Gasteiger partial charge >= 0.3 is 5.97 Å². The van der Waals surface area contributed by atoms with E-state index in [1.807, 2.05) is 6.92 Å². The Morgan fingerprint density at radius 1 is 1.04 bits per heavy atom. The summed E-state index contributed by atoms with van der Waals surface area (Å²) in [4.78, 5) is 23.3. The van der Waals surface area contributed by atoms with Crippen LogP contribution in [-0.4, -0.2) is 37.8 Å². The number of benzene rings is 2. The monoisotopic (exact) mass is 371 g/mol. The van der Waals surface area contributed by atoms with Crippen LogP contribution in [0.5, 0.6) is 17.2 Å². The number of methoxy groups -OCH3 is 2. The molecule has 0 aliphatic carbocycles.